The van der Waals surface area contributed by atoms with Gasteiger partial charge in [0.05, 0.1) is 0 Å². The summed E-state index contributed by atoms with van der Waals surface area (Å²) in [5, 5.41) is 0. The molecule has 43 valence electrons. The molecule has 2 nitrogen and oxygen atoms in total. The van der Waals surface area contributed by atoms with E-state index in [0.717, 1.165) is 0 Å². The van der Waals surface area contributed by atoms with E-state index in [0.29, 0.717) is 6.42 Å². The Morgan fingerprint density at radius 3 is 2.14 bits per heavy atom. The highest BCUT2D eigenvalue weighted by Crippen LogP contribution is 2.09. The number of halogens is 1. The van der Waals surface area contributed by atoms with Crippen molar-refractivity contribution in [3.63, 3.8) is 0 Å². The van der Waals surface area contributed by atoms with Gasteiger partial charge in [0.25, 0.3) is 0 Å². The van der Waals surface area contributed by atoms with Crippen LogP contribution in [0.15, 0.2) is 0 Å². The summed E-state index contributed by atoms with van der Waals surface area (Å²) in [6.07, 6.45) is 0.403. The van der Waals surface area contributed by atoms with Gasteiger partial charge in [0.1, 0.15) is 0 Å². The predicted molar refractivity (Wildman–Crippen MR) is 29.7 cm³/mol. The molecule has 7 heavy (non-hydrogen) atoms. The van der Waals surface area contributed by atoms with Gasteiger partial charge in [-0.1, -0.05) is 18.5 Å². The second kappa shape index (κ2) is 3.27. The average molecular weight is 142 g/mol. The van der Waals surface area contributed by atoms with Crippen molar-refractivity contribution in [1.82, 2.24) is 0 Å². The zero-order valence-electron chi connectivity index (χ0n) is 3.85. The molecule has 4 heteroatoms. The van der Waals surface area contributed by atoms with Gasteiger partial charge >= 0.3 is 0 Å². The lowest BCUT2D eigenvalue weighted by atomic mass is 10.6. The molecule has 0 rings (SSSR count). The first-order valence-electron chi connectivity index (χ1n) is 1.84. The van der Waals surface area contributed by atoms with Crippen LogP contribution in [-0.2, 0) is 10.7 Å². The molecule has 0 aromatic heterocycles. The molecular formula is C3H6ClO2S. The van der Waals surface area contributed by atoms with Crippen LogP contribution < -0.4 is 0 Å². The molecular weight excluding hydrogens is 136 g/mol. The second-order valence-corrected chi connectivity index (χ2v) is 2.76. The molecule has 0 amide bonds. The van der Waals surface area contributed by atoms with Gasteiger partial charge in [-0.15, -0.1) is 0 Å². The molecule has 0 saturated heterocycles. The highest BCUT2D eigenvalue weighted by molar-refractivity contribution is 7.77. The van der Waals surface area contributed by atoms with Crippen molar-refractivity contribution >= 4 is 22.3 Å². The van der Waals surface area contributed by atoms with Crippen LogP contribution in [0.3, 0.4) is 0 Å². The summed E-state index contributed by atoms with van der Waals surface area (Å²) in [5.41, 5.74) is 0. The Labute approximate surface area is 49.4 Å². The Kier molecular flexibility index (Phi) is 3.38. The van der Waals surface area contributed by atoms with E-state index < -0.39 is 10.7 Å². The summed E-state index contributed by atoms with van der Waals surface area (Å²) in [7, 11) is -2.48. The Morgan fingerprint density at radius 1 is 1.71 bits per heavy atom. The fraction of sp³-hybridized carbons (Fsp3) is 0.667. The number of hydrogen-bond donors (Lipinski definition) is 1. The van der Waals surface area contributed by atoms with Crippen LogP contribution in [0.2, 0.25) is 0 Å². The minimum absolute atomic E-state index is 0.0231. The van der Waals surface area contributed by atoms with E-state index >= 15 is 0 Å². The fourth-order valence-corrected chi connectivity index (χ4v) is 0.387. The zero-order valence-corrected chi connectivity index (χ0v) is 5.50. The lowest BCUT2D eigenvalue weighted by Crippen LogP contribution is -1.84. The zero-order chi connectivity index (χ0) is 5.86. The van der Waals surface area contributed by atoms with Crippen molar-refractivity contribution in [2.75, 3.05) is 0 Å². The highest BCUT2D eigenvalue weighted by Gasteiger charge is 2.01. The maximum absolute atomic E-state index is 9.80. The van der Waals surface area contributed by atoms with Crippen LogP contribution in [0, 0.1) is 4.71 Å². The third-order valence-corrected chi connectivity index (χ3v) is 1.88. The average Bonchev–Trinajstić information content (AvgIpc) is 1.65. The maximum atomic E-state index is 9.80. The van der Waals surface area contributed by atoms with E-state index in [1.54, 1.807) is 6.92 Å². The van der Waals surface area contributed by atoms with Crippen LogP contribution in [-0.4, -0.2) is 8.42 Å². The molecule has 0 aliphatic rings. The van der Waals surface area contributed by atoms with E-state index in [1.807, 2.05) is 0 Å². The standard InChI is InChI=1S/C3H6ClO2S/c1-2-3(4)7(5)6/h7H,2H2,1H3. The van der Waals surface area contributed by atoms with Crippen molar-refractivity contribution in [2.45, 2.75) is 13.3 Å². The molecule has 1 radical (unpaired) electrons. The van der Waals surface area contributed by atoms with E-state index in [4.69, 9.17) is 11.6 Å². The Balaban J connectivity index is 3.57. The van der Waals surface area contributed by atoms with Gasteiger partial charge in [0.15, 0.2) is 15.4 Å². The molecule has 0 heterocycles. The maximum Gasteiger partial charge on any atom is 0.175 e. The van der Waals surface area contributed by atoms with Crippen LogP contribution in [0.25, 0.3) is 0 Å². The third kappa shape index (κ3) is 2.88. The number of hydrogen-bond acceptors (Lipinski definition) is 2. The van der Waals surface area contributed by atoms with Crippen LogP contribution >= 0.6 is 11.6 Å². The van der Waals surface area contributed by atoms with Gasteiger partial charge < -0.3 is 0 Å². The lowest BCUT2D eigenvalue weighted by molar-refractivity contribution is 0.616. The van der Waals surface area contributed by atoms with Crippen molar-refractivity contribution in [2.24, 2.45) is 0 Å². The van der Waals surface area contributed by atoms with E-state index in [1.165, 1.54) is 0 Å². The summed E-state index contributed by atoms with van der Waals surface area (Å²) in [6, 6.07) is 0. The van der Waals surface area contributed by atoms with Gasteiger partial charge in [-0.25, -0.2) is 8.42 Å². The SMILES string of the molecule is CC[C](Cl)[SH](=O)=O. The fourth-order valence-electron chi connectivity index (χ4n) is 0.129. The molecule has 0 spiro atoms. The first-order chi connectivity index (χ1) is 3.18. The molecule has 0 aliphatic carbocycles. The smallest absolute Gasteiger partial charge is 0.175 e. The van der Waals surface area contributed by atoms with E-state index in [9.17, 15) is 8.42 Å². The molecule has 0 aromatic carbocycles. The monoisotopic (exact) mass is 141 g/mol. The van der Waals surface area contributed by atoms with Crippen molar-refractivity contribution in [1.29, 1.82) is 0 Å². The third-order valence-electron chi connectivity index (χ3n) is 0.490. The van der Waals surface area contributed by atoms with Crippen molar-refractivity contribution < 1.29 is 8.42 Å². The minimum atomic E-state index is -2.48. The van der Waals surface area contributed by atoms with Crippen molar-refractivity contribution in [3.8, 4) is 0 Å². The lowest BCUT2D eigenvalue weighted by Gasteiger charge is -1.87. The van der Waals surface area contributed by atoms with Crippen LogP contribution in [0.1, 0.15) is 13.3 Å². The van der Waals surface area contributed by atoms with Gasteiger partial charge in [0, 0.05) is 0 Å². The Morgan fingerprint density at radius 2 is 2.14 bits per heavy atom. The molecule has 0 atom stereocenters. The van der Waals surface area contributed by atoms with Crippen molar-refractivity contribution in [3.05, 3.63) is 4.71 Å². The number of rotatable bonds is 2. The first-order valence-corrected chi connectivity index (χ1v) is 3.39. The van der Waals surface area contributed by atoms with Crippen LogP contribution in [0.4, 0.5) is 0 Å². The first kappa shape index (κ1) is 7.24. The minimum Gasteiger partial charge on any atom is -0.230 e. The molecule has 0 aliphatic heterocycles. The summed E-state index contributed by atoms with van der Waals surface area (Å²) in [4.78, 5) is 0. The largest absolute Gasteiger partial charge is 0.230 e. The summed E-state index contributed by atoms with van der Waals surface area (Å²) in [6.45, 7) is 1.69. The predicted octanol–water partition coefficient (Wildman–Crippen LogP) is 0.736. The molecule has 0 fully saturated rings. The number of thiol groups is 1. The van der Waals surface area contributed by atoms with E-state index in [-0.39, 0.29) is 4.71 Å². The summed E-state index contributed by atoms with van der Waals surface area (Å²) >= 11 is 5.12. The van der Waals surface area contributed by atoms with E-state index in [2.05, 4.69) is 0 Å². The Bertz CT molecular complexity index is 102. The van der Waals surface area contributed by atoms with Crippen LogP contribution in [0.5, 0.6) is 0 Å². The van der Waals surface area contributed by atoms with Gasteiger partial charge in [-0.05, 0) is 6.42 Å². The van der Waals surface area contributed by atoms with Gasteiger partial charge in [0.2, 0.25) is 0 Å². The molecule has 0 aromatic rings. The molecule has 0 bridgehead atoms. The Hall–Kier alpha value is 0.240. The molecule has 0 saturated carbocycles. The van der Waals surface area contributed by atoms with Gasteiger partial charge in [-0.3, -0.25) is 0 Å². The highest BCUT2D eigenvalue weighted by atomic mass is 35.5. The second-order valence-electron chi connectivity index (χ2n) is 0.987. The molecule has 0 N–H and O–H groups in total. The summed E-state index contributed by atoms with van der Waals surface area (Å²) < 4.78 is 19.6. The quantitative estimate of drug-likeness (QED) is 0.576. The summed E-state index contributed by atoms with van der Waals surface area (Å²) in [5.74, 6) is 0. The topological polar surface area (TPSA) is 34.1 Å². The normalized spacial score (nSPS) is 10.9. The van der Waals surface area contributed by atoms with Gasteiger partial charge in [-0.2, -0.15) is 0 Å². The molecule has 0 unspecified atom stereocenters.